The van der Waals surface area contributed by atoms with Gasteiger partial charge in [0.15, 0.2) is 0 Å². The lowest BCUT2D eigenvalue weighted by Crippen LogP contribution is -2.32. The van der Waals surface area contributed by atoms with Gasteiger partial charge in [0.25, 0.3) is 21.8 Å². The van der Waals surface area contributed by atoms with Crippen LogP contribution in [0.25, 0.3) is 0 Å². The summed E-state index contributed by atoms with van der Waals surface area (Å²) in [5.41, 5.74) is 0.660. The van der Waals surface area contributed by atoms with Gasteiger partial charge in [-0.2, -0.15) is 13.5 Å². The molecule has 0 unspecified atom stereocenters. The molecule has 2 aromatic rings. The fourth-order valence-corrected chi connectivity index (χ4v) is 3.38. The maximum atomic E-state index is 12.2. The van der Waals surface area contributed by atoms with E-state index in [1.54, 1.807) is 36.4 Å². The largest absolute Gasteiger partial charge is 0.276 e. The monoisotopic (exact) mass is 421 g/mol. The molecule has 0 radical (unpaired) electrons. The van der Waals surface area contributed by atoms with Crippen molar-refractivity contribution in [3.63, 3.8) is 0 Å². The molecule has 0 atom stereocenters. The quantitative estimate of drug-likeness (QED) is 0.453. The van der Waals surface area contributed by atoms with E-state index in [-0.39, 0.29) is 11.4 Å². The molecule has 1 N–H and O–H groups in total. The van der Waals surface area contributed by atoms with Crippen LogP contribution in [0.4, 0.5) is 0 Å². The van der Waals surface area contributed by atoms with Gasteiger partial charge < -0.3 is 0 Å². The number of hydrogen-bond donors (Lipinski definition) is 1. The molecule has 0 saturated carbocycles. The number of carbonyl (C=O) groups is 2. The first-order valence-corrected chi connectivity index (χ1v) is 9.42. The van der Waals surface area contributed by atoms with Gasteiger partial charge in [-0.15, -0.1) is 0 Å². The minimum atomic E-state index is -3.81. The van der Waals surface area contributed by atoms with Crippen LogP contribution in [0.3, 0.4) is 0 Å². The van der Waals surface area contributed by atoms with Crippen molar-refractivity contribution in [2.45, 2.75) is 4.90 Å². The molecule has 7 nitrogen and oxygen atoms in total. The van der Waals surface area contributed by atoms with Crippen LogP contribution in [-0.2, 0) is 10.0 Å². The van der Waals surface area contributed by atoms with Gasteiger partial charge >= 0.3 is 0 Å². The van der Waals surface area contributed by atoms with E-state index >= 15 is 0 Å². The van der Waals surface area contributed by atoms with E-state index in [0.29, 0.717) is 11.1 Å². The minimum absolute atomic E-state index is 0.0496. The Balaban J connectivity index is 1.66. The number of nitrogens with zero attached hydrogens (tertiary/aromatic N) is 2. The lowest BCUT2D eigenvalue weighted by molar-refractivity contribution is 0.0679. The topological polar surface area (TPSA) is 95.9 Å². The lowest BCUT2D eigenvalue weighted by Gasteiger charge is -2.10. The molecule has 128 valence electrons. The summed E-state index contributed by atoms with van der Waals surface area (Å²) in [5.74, 6) is -0.856. The van der Waals surface area contributed by atoms with Gasteiger partial charge in [-0.1, -0.05) is 28.1 Å². The van der Waals surface area contributed by atoms with Crippen molar-refractivity contribution in [1.82, 2.24) is 9.73 Å². The van der Waals surface area contributed by atoms with Gasteiger partial charge in [0.05, 0.1) is 22.6 Å². The summed E-state index contributed by atoms with van der Waals surface area (Å²) in [7, 11) is -3.81. The van der Waals surface area contributed by atoms with E-state index in [1.165, 1.54) is 12.1 Å². The van der Waals surface area contributed by atoms with E-state index in [9.17, 15) is 18.0 Å². The second-order valence-electron chi connectivity index (χ2n) is 5.13. The summed E-state index contributed by atoms with van der Waals surface area (Å²) in [6.07, 6.45) is 1.16. The zero-order valence-electron chi connectivity index (χ0n) is 12.7. The number of benzene rings is 2. The standard InChI is InChI=1S/C16H12BrN3O4S/c17-11-5-7-12(8-6-11)25(23,24)19-18-9-10-20-15(21)13-3-1-2-4-14(13)16(20)22/h1-9,19H,10H2. The summed E-state index contributed by atoms with van der Waals surface area (Å²) in [6.45, 7) is -0.130. The number of sulfonamides is 1. The minimum Gasteiger partial charge on any atom is -0.269 e. The lowest BCUT2D eigenvalue weighted by atomic mass is 10.1. The molecule has 0 spiro atoms. The van der Waals surface area contributed by atoms with Crippen LogP contribution >= 0.6 is 15.9 Å². The fourth-order valence-electron chi connectivity index (χ4n) is 2.30. The molecular formula is C16H12BrN3O4S. The average Bonchev–Trinajstić information content (AvgIpc) is 2.84. The zero-order chi connectivity index (χ0) is 18.0. The highest BCUT2D eigenvalue weighted by molar-refractivity contribution is 9.10. The molecule has 25 heavy (non-hydrogen) atoms. The number of halogens is 1. The third-order valence-corrected chi connectivity index (χ3v) is 5.30. The van der Waals surface area contributed by atoms with Crippen LogP contribution in [0.2, 0.25) is 0 Å². The van der Waals surface area contributed by atoms with Crippen molar-refractivity contribution in [2.24, 2.45) is 5.10 Å². The Hall–Kier alpha value is -2.52. The van der Waals surface area contributed by atoms with Gasteiger partial charge in [-0.25, -0.2) is 4.83 Å². The predicted molar refractivity (Wildman–Crippen MR) is 94.8 cm³/mol. The third kappa shape index (κ3) is 3.47. The van der Waals surface area contributed by atoms with Crippen molar-refractivity contribution in [2.75, 3.05) is 6.54 Å². The van der Waals surface area contributed by atoms with Gasteiger partial charge in [-0.05, 0) is 36.4 Å². The Kier molecular flexibility index (Phi) is 4.69. The first-order chi connectivity index (χ1) is 11.9. The van der Waals surface area contributed by atoms with Crippen molar-refractivity contribution < 1.29 is 18.0 Å². The maximum absolute atomic E-state index is 12.2. The molecule has 0 aromatic heterocycles. The molecule has 9 heteroatoms. The molecule has 2 aromatic carbocycles. The van der Waals surface area contributed by atoms with Crippen LogP contribution in [0.15, 0.2) is 63.0 Å². The first kappa shape index (κ1) is 17.3. The summed E-state index contributed by atoms with van der Waals surface area (Å²) in [4.78, 5) is 27.4. The molecule has 2 amide bonds. The van der Waals surface area contributed by atoms with Gasteiger partial charge in [0.1, 0.15) is 0 Å². The van der Waals surface area contributed by atoms with E-state index in [2.05, 4.69) is 21.0 Å². The van der Waals surface area contributed by atoms with Crippen LogP contribution < -0.4 is 4.83 Å². The summed E-state index contributed by atoms with van der Waals surface area (Å²) >= 11 is 3.22. The molecule has 0 fully saturated rings. The molecule has 1 aliphatic rings. The molecule has 1 aliphatic heterocycles. The SMILES string of the molecule is O=C1c2ccccc2C(=O)N1CC=NNS(=O)(=O)c1ccc(Br)cc1. The predicted octanol–water partition coefficient (Wildman–Crippen LogP) is 2.01. The number of rotatable bonds is 5. The molecule has 0 bridgehead atoms. The van der Waals surface area contributed by atoms with Crippen molar-refractivity contribution in [3.05, 3.63) is 64.1 Å². The number of fused-ring (bicyclic) bond motifs is 1. The van der Waals surface area contributed by atoms with E-state index in [1.807, 2.05) is 4.83 Å². The zero-order valence-corrected chi connectivity index (χ0v) is 15.1. The van der Waals surface area contributed by atoms with E-state index in [4.69, 9.17) is 0 Å². The Morgan fingerprint density at radius 3 is 2.12 bits per heavy atom. The van der Waals surface area contributed by atoms with Gasteiger partial charge in [0, 0.05) is 10.7 Å². The van der Waals surface area contributed by atoms with Crippen LogP contribution in [0, 0.1) is 0 Å². The Morgan fingerprint density at radius 2 is 1.56 bits per heavy atom. The second kappa shape index (κ2) is 6.77. The highest BCUT2D eigenvalue weighted by Crippen LogP contribution is 2.21. The smallest absolute Gasteiger partial charge is 0.269 e. The number of hydrazone groups is 1. The summed E-state index contributed by atoms with van der Waals surface area (Å²) < 4.78 is 24.9. The van der Waals surface area contributed by atoms with Crippen molar-refractivity contribution >= 4 is 44.0 Å². The van der Waals surface area contributed by atoms with Gasteiger partial charge in [-0.3, -0.25) is 14.5 Å². The molecule has 0 aliphatic carbocycles. The first-order valence-electron chi connectivity index (χ1n) is 7.14. The summed E-state index contributed by atoms with van der Waals surface area (Å²) in [5, 5.41) is 3.62. The molecular weight excluding hydrogens is 410 g/mol. The Bertz CT molecular complexity index is 936. The molecule has 0 saturated heterocycles. The van der Waals surface area contributed by atoms with Gasteiger partial charge in [0.2, 0.25) is 0 Å². The Morgan fingerprint density at radius 1 is 1.00 bits per heavy atom. The van der Waals surface area contributed by atoms with E-state index in [0.717, 1.165) is 15.6 Å². The van der Waals surface area contributed by atoms with Crippen molar-refractivity contribution in [3.8, 4) is 0 Å². The maximum Gasteiger partial charge on any atom is 0.276 e. The van der Waals surface area contributed by atoms with E-state index < -0.39 is 21.8 Å². The van der Waals surface area contributed by atoms with Crippen molar-refractivity contribution in [1.29, 1.82) is 0 Å². The van der Waals surface area contributed by atoms with Crippen LogP contribution in [0.5, 0.6) is 0 Å². The molecule has 1 heterocycles. The van der Waals surface area contributed by atoms with Crippen LogP contribution in [0.1, 0.15) is 20.7 Å². The Labute approximate surface area is 152 Å². The second-order valence-corrected chi connectivity index (χ2v) is 7.70. The average molecular weight is 422 g/mol. The normalized spacial score (nSPS) is 14.2. The number of amides is 2. The number of carbonyl (C=O) groups excluding carboxylic acids is 2. The number of hydrogen-bond acceptors (Lipinski definition) is 5. The highest BCUT2D eigenvalue weighted by atomic mass is 79.9. The van der Waals surface area contributed by atoms with Crippen LogP contribution in [-0.4, -0.2) is 37.9 Å². The number of nitrogens with one attached hydrogen (secondary N) is 1. The number of imide groups is 1. The third-order valence-electron chi connectivity index (χ3n) is 3.53. The molecule has 3 rings (SSSR count). The highest BCUT2D eigenvalue weighted by Gasteiger charge is 2.34. The fraction of sp³-hybridized carbons (Fsp3) is 0.0625. The summed E-state index contributed by atoms with van der Waals surface area (Å²) in [6, 6.07) is 12.5.